The number of nitrogens with zero attached hydrogens (tertiary/aromatic N) is 5. The number of anilines is 6. The van der Waals surface area contributed by atoms with Crippen LogP contribution in [-0.2, 0) is 15.8 Å². The number of nitrogens with one attached hydrogen (secondary N) is 4. The van der Waals surface area contributed by atoms with Crippen molar-refractivity contribution in [1.29, 1.82) is 0 Å². The Morgan fingerprint density at radius 1 is 0.857 bits per heavy atom. The number of likely N-dealkylation sites (tertiary alicyclic amines) is 1. The van der Waals surface area contributed by atoms with E-state index >= 15 is 0 Å². The number of ether oxygens (including phenoxy) is 1. The summed E-state index contributed by atoms with van der Waals surface area (Å²) in [4.78, 5) is 75.5. The molecule has 0 radical (unpaired) electrons. The van der Waals surface area contributed by atoms with Crippen LogP contribution in [0, 0.1) is 5.92 Å². The van der Waals surface area contributed by atoms with Crippen LogP contribution in [0.4, 0.5) is 47.4 Å². The summed E-state index contributed by atoms with van der Waals surface area (Å²) in [5, 5.41) is 10.6. The molecule has 63 heavy (non-hydrogen) atoms. The Labute approximate surface area is 360 Å². The molecule has 5 aliphatic heterocycles. The standard InChI is InChI=1S/C45H46F3N9O6/c1-49-41(59)31-5-3-4-6-34(31)51-36-20-39(50-21-33(36)45(46,47)48)52-35-10-8-26(19-38(35)63-2)54-15-13-25(14-16-54)22-55-23-29-17-28(55)24-56(29)27-7-9-30-32(18-27)44(62)57(43(30)61)37-11-12-40(58)53-42(37)60/h3-10,18-21,25,28-29,37H,11-17,22-24H2,1-2H3,(H,49,59)(H2,50,51,52)(H,53,58,60). The summed E-state index contributed by atoms with van der Waals surface area (Å²) in [6.45, 7) is 4.39. The molecule has 5 aliphatic rings. The van der Waals surface area contributed by atoms with Crippen LogP contribution in [0.25, 0.3) is 0 Å². The van der Waals surface area contributed by atoms with Gasteiger partial charge in [0.05, 0.1) is 46.4 Å². The molecule has 0 aliphatic carbocycles. The SMILES string of the molecule is CNC(=O)c1ccccc1Nc1cc(Nc2ccc(N3CCC(CN4CC5CC4CN5c4ccc5c(c4)C(=O)N(C4CCC(=O)NC4=O)C5=O)CC3)cc2OC)ncc1C(F)(F)F. The van der Waals surface area contributed by atoms with Gasteiger partial charge in [-0.1, -0.05) is 12.1 Å². The summed E-state index contributed by atoms with van der Waals surface area (Å²) in [6.07, 6.45) is -0.756. The van der Waals surface area contributed by atoms with Crippen molar-refractivity contribution in [1.82, 2.24) is 25.4 Å². The summed E-state index contributed by atoms with van der Waals surface area (Å²) >= 11 is 0. The van der Waals surface area contributed by atoms with Crippen molar-refractivity contribution in [3.8, 4) is 5.75 Å². The first kappa shape index (κ1) is 41.7. The second-order valence-electron chi connectivity index (χ2n) is 16.6. The van der Waals surface area contributed by atoms with Gasteiger partial charge in [-0.3, -0.25) is 39.1 Å². The molecule has 5 amide bonds. The molecular formula is C45H46F3N9O6. The van der Waals surface area contributed by atoms with E-state index in [2.05, 4.69) is 41.0 Å². The van der Waals surface area contributed by atoms with Gasteiger partial charge < -0.3 is 30.5 Å². The number of fused-ring (bicyclic) bond motifs is 3. The van der Waals surface area contributed by atoms with Crippen LogP contribution in [-0.4, -0.2) is 109 Å². The fraction of sp³-hybridized carbons (Fsp3) is 0.378. The summed E-state index contributed by atoms with van der Waals surface area (Å²) in [5.41, 5.74) is 2.08. The number of amides is 5. The monoisotopic (exact) mass is 865 g/mol. The number of alkyl halides is 3. The Bertz CT molecular complexity index is 2510. The molecule has 3 aromatic carbocycles. The zero-order valence-electron chi connectivity index (χ0n) is 34.6. The van der Waals surface area contributed by atoms with E-state index in [0.29, 0.717) is 29.0 Å². The summed E-state index contributed by atoms with van der Waals surface area (Å²) < 4.78 is 48.0. The average molecular weight is 866 g/mol. The first-order chi connectivity index (χ1) is 30.3. The fourth-order valence-corrected chi connectivity index (χ4v) is 9.67. The van der Waals surface area contributed by atoms with Crippen molar-refractivity contribution < 1.29 is 41.9 Å². The number of halogens is 3. The maximum atomic E-state index is 14.1. The Kier molecular flexibility index (Phi) is 10.9. The Balaban J connectivity index is 0.802. The first-order valence-corrected chi connectivity index (χ1v) is 21.0. The molecule has 18 heteroatoms. The lowest BCUT2D eigenvalue weighted by Gasteiger charge is -2.40. The number of imide groups is 2. The fourth-order valence-electron chi connectivity index (χ4n) is 9.67. The quantitative estimate of drug-likeness (QED) is 0.139. The number of hydrogen-bond acceptors (Lipinski definition) is 12. The molecular weight excluding hydrogens is 820 g/mol. The molecule has 2 bridgehead atoms. The highest BCUT2D eigenvalue weighted by molar-refractivity contribution is 6.23. The van der Waals surface area contributed by atoms with E-state index in [1.165, 1.54) is 32.4 Å². The molecule has 3 atom stereocenters. The summed E-state index contributed by atoms with van der Waals surface area (Å²) in [5.74, 6) is -1.34. The number of benzene rings is 3. The van der Waals surface area contributed by atoms with E-state index in [1.807, 2.05) is 24.3 Å². The molecule has 9 rings (SSSR count). The molecule has 3 unspecified atom stereocenters. The van der Waals surface area contributed by atoms with E-state index in [4.69, 9.17) is 4.74 Å². The molecule has 4 aromatic rings. The van der Waals surface area contributed by atoms with Crippen molar-refractivity contribution in [2.75, 3.05) is 67.3 Å². The van der Waals surface area contributed by atoms with Gasteiger partial charge in [-0.15, -0.1) is 0 Å². The zero-order chi connectivity index (χ0) is 44.2. The van der Waals surface area contributed by atoms with Gasteiger partial charge in [0.1, 0.15) is 17.6 Å². The molecule has 0 saturated carbocycles. The summed E-state index contributed by atoms with van der Waals surface area (Å²) in [6, 6.07) is 18.2. The predicted molar refractivity (Wildman–Crippen MR) is 228 cm³/mol. The van der Waals surface area contributed by atoms with Crippen molar-refractivity contribution in [2.24, 2.45) is 5.92 Å². The van der Waals surface area contributed by atoms with Crippen LogP contribution in [0.15, 0.2) is 72.9 Å². The van der Waals surface area contributed by atoms with E-state index in [-0.39, 0.29) is 47.2 Å². The van der Waals surface area contributed by atoms with Gasteiger partial charge in [-0.05, 0) is 74.1 Å². The minimum atomic E-state index is -4.71. The second-order valence-corrected chi connectivity index (χ2v) is 16.6. The molecule has 15 nitrogen and oxygen atoms in total. The second kappa shape index (κ2) is 16.5. The van der Waals surface area contributed by atoms with Crippen molar-refractivity contribution in [3.63, 3.8) is 0 Å². The van der Waals surface area contributed by atoms with Gasteiger partial charge >= 0.3 is 6.18 Å². The lowest BCUT2D eigenvalue weighted by molar-refractivity contribution is -0.137. The molecule has 4 fully saturated rings. The minimum absolute atomic E-state index is 0.0717. The molecule has 0 spiro atoms. The average Bonchev–Trinajstić information content (AvgIpc) is 3.94. The number of hydrogen-bond donors (Lipinski definition) is 4. The van der Waals surface area contributed by atoms with Crippen LogP contribution in [0.3, 0.4) is 0 Å². The number of piperidine rings is 2. The third kappa shape index (κ3) is 7.98. The van der Waals surface area contributed by atoms with Gasteiger partial charge in [0.25, 0.3) is 17.7 Å². The van der Waals surface area contributed by atoms with E-state index in [9.17, 15) is 37.1 Å². The Hall–Kier alpha value is -6.69. The normalized spacial score (nSPS) is 21.5. The van der Waals surface area contributed by atoms with Crippen LogP contribution >= 0.6 is 0 Å². The maximum absolute atomic E-state index is 14.1. The van der Waals surface area contributed by atoms with Crippen LogP contribution in [0.5, 0.6) is 5.75 Å². The summed E-state index contributed by atoms with van der Waals surface area (Å²) in [7, 11) is 2.98. The van der Waals surface area contributed by atoms with Crippen molar-refractivity contribution in [3.05, 3.63) is 95.2 Å². The number of para-hydroxylation sites is 1. The number of pyridine rings is 1. The Morgan fingerprint density at radius 3 is 2.33 bits per heavy atom. The third-order valence-electron chi connectivity index (χ3n) is 12.9. The number of carbonyl (C=O) groups excluding carboxylic acids is 5. The maximum Gasteiger partial charge on any atom is 0.419 e. The molecule has 328 valence electrons. The number of rotatable bonds is 11. The molecule has 6 heterocycles. The van der Waals surface area contributed by atoms with Crippen LogP contribution in [0.1, 0.15) is 68.7 Å². The van der Waals surface area contributed by atoms with Gasteiger partial charge in [0, 0.05) is 88.0 Å². The number of aromatic nitrogens is 1. The van der Waals surface area contributed by atoms with E-state index in [0.717, 1.165) is 74.5 Å². The number of piperazine rings is 1. The van der Waals surface area contributed by atoms with E-state index in [1.54, 1.807) is 24.3 Å². The lowest BCUT2D eigenvalue weighted by Crippen LogP contribution is -2.54. The third-order valence-corrected chi connectivity index (χ3v) is 12.9. The zero-order valence-corrected chi connectivity index (χ0v) is 34.6. The van der Waals surface area contributed by atoms with Crippen molar-refractivity contribution >= 4 is 63.8 Å². The van der Waals surface area contributed by atoms with Gasteiger partial charge in [0.2, 0.25) is 11.8 Å². The number of carbonyl (C=O) groups is 5. The largest absolute Gasteiger partial charge is 0.494 e. The molecule has 4 N–H and O–H groups in total. The highest BCUT2D eigenvalue weighted by atomic mass is 19.4. The van der Waals surface area contributed by atoms with Crippen molar-refractivity contribution in [2.45, 2.75) is 56.4 Å². The number of methoxy groups -OCH3 is 1. The smallest absolute Gasteiger partial charge is 0.419 e. The molecule has 4 saturated heterocycles. The Morgan fingerprint density at radius 2 is 1.62 bits per heavy atom. The van der Waals surface area contributed by atoms with Gasteiger partial charge in [-0.2, -0.15) is 13.2 Å². The van der Waals surface area contributed by atoms with Crippen LogP contribution in [0.2, 0.25) is 0 Å². The lowest BCUT2D eigenvalue weighted by atomic mass is 9.95. The highest BCUT2D eigenvalue weighted by Gasteiger charge is 2.47. The van der Waals surface area contributed by atoms with Gasteiger partial charge in [-0.25, -0.2) is 4.98 Å². The highest BCUT2D eigenvalue weighted by Crippen LogP contribution is 2.41. The first-order valence-electron chi connectivity index (χ1n) is 21.0. The minimum Gasteiger partial charge on any atom is -0.494 e. The predicted octanol–water partition coefficient (Wildman–Crippen LogP) is 5.54. The van der Waals surface area contributed by atoms with Crippen LogP contribution < -0.4 is 35.8 Å². The topological polar surface area (TPSA) is 169 Å². The van der Waals surface area contributed by atoms with E-state index < -0.39 is 47.3 Å². The molecule has 1 aromatic heterocycles. The van der Waals surface area contributed by atoms with Gasteiger partial charge in [0.15, 0.2) is 0 Å².